The standard InChI is InChI=1S/C25H19F4N3O2S/c26-18-6-4-16(5-7-18)21-9-8-20(34-21)15-22-23(33)30-24(35-22)32-12-10-31(11-13-32)19-3-1-2-17(14-19)25(27,28)29/h1-9,14-15H,10-13H2/b22-15-. The number of hydrogen-bond donors (Lipinski definition) is 0. The SMILES string of the molecule is O=C1N=C(N2CCN(c3cccc(C(F)(F)F)c3)CC2)S/C1=C\c1ccc(-c2ccc(F)cc2)o1. The predicted octanol–water partition coefficient (Wildman–Crippen LogP) is 5.90. The molecule has 0 saturated carbocycles. The lowest BCUT2D eigenvalue weighted by molar-refractivity contribution is -0.137. The predicted molar refractivity (Wildman–Crippen MR) is 127 cm³/mol. The van der Waals surface area contributed by atoms with Gasteiger partial charge in [0.05, 0.1) is 10.5 Å². The van der Waals surface area contributed by atoms with E-state index in [0.29, 0.717) is 53.5 Å². The molecular formula is C25H19F4N3O2S. The molecule has 1 amide bonds. The van der Waals surface area contributed by atoms with Crippen molar-refractivity contribution >= 4 is 34.6 Å². The van der Waals surface area contributed by atoms with Gasteiger partial charge in [0.15, 0.2) is 5.17 Å². The molecule has 2 aromatic carbocycles. The maximum Gasteiger partial charge on any atom is 0.416 e. The molecule has 2 aliphatic rings. The van der Waals surface area contributed by atoms with Crippen LogP contribution in [0.5, 0.6) is 0 Å². The fourth-order valence-electron chi connectivity index (χ4n) is 3.90. The molecule has 0 radical (unpaired) electrons. The van der Waals surface area contributed by atoms with Gasteiger partial charge in [-0.2, -0.15) is 18.2 Å². The van der Waals surface area contributed by atoms with Crippen LogP contribution in [-0.2, 0) is 11.0 Å². The van der Waals surface area contributed by atoms with Crippen molar-refractivity contribution in [3.8, 4) is 11.3 Å². The third kappa shape index (κ3) is 5.12. The van der Waals surface area contributed by atoms with E-state index >= 15 is 0 Å². The molecule has 180 valence electrons. The minimum Gasteiger partial charge on any atom is -0.457 e. The van der Waals surface area contributed by atoms with Crippen molar-refractivity contribution in [2.75, 3.05) is 31.1 Å². The van der Waals surface area contributed by atoms with E-state index in [1.165, 1.54) is 30.0 Å². The second kappa shape index (κ2) is 9.26. The van der Waals surface area contributed by atoms with Crippen LogP contribution in [0.3, 0.4) is 0 Å². The number of thioether (sulfide) groups is 1. The van der Waals surface area contributed by atoms with E-state index < -0.39 is 11.7 Å². The Bertz CT molecular complexity index is 1310. The summed E-state index contributed by atoms with van der Waals surface area (Å²) in [5.74, 6) is 0.325. The van der Waals surface area contributed by atoms with Gasteiger partial charge in [0.1, 0.15) is 17.3 Å². The largest absolute Gasteiger partial charge is 0.457 e. The summed E-state index contributed by atoms with van der Waals surface area (Å²) in [5, 5.41) is 0.565. The number of amides is 1. The highest BCUT2D eigenvalue weighted by atomic mass is 32.2. The number of furan rings is 1. The first kappa shape index (κ1) is 23.2. The molecule has 5 rings (SSSR count). The Labute approximate surface area is 202 Å². The Hall–Kier alpha value is -3.53. The van der Waals surface area contributed by atoms with Gasteiger partial charge in [-0.05, 0) is 66.4 Å². The van der Waals surface area contributed by atoms with Crippen molar-refractivity contribution in [3.05, 3.63) is 82.7 Å². The molecule has 3 aromatic rings. The topological polar surface area (TPSA) is 49.1 Å². The molecule has 0 aliphatic carbocycles. The van der Waals surface area contributed by atoms with Crippen molar-refractivity contribution < 1.29 is 26.8 Å². The first-order chi connectivity index (χ1) is 16.8. The highest BCUT2D eigenvalue weighted by molar-refractivity contribution is 8.18. The fourth-order valence-corrected chi connectivity index (χ4v) is 4.84. The van der Waals surface area contributed by atoms with Crippen LogP contribution < -0.4 is 4.90 Å². The number of piperazine rings is 1. The summed E-state index contributed by atoms with van der Waals surface area (Å²) in [4.78, 5) is 20.9. The lowest BCUT2D eigenvalue weighted by Crippen LogP contribution is -2.47. The maximum atomic E-state index is 13.1. The first-order valence-electron chi connectivity index (χ1n) is 10.8. The van der Waals surface area contributed by atoms with Crippen molar-refractivity contribution in [1.29, 1.82) is 0 Å². The quantitative estimate of drug-likeness (QED) is 0.331. The molecule has 0 N–H and O–H groups in total. The number of anilines is 1. The molecule has 1 fully saturated rings. The Morgan fingerprint density at radius 1 is 0.943 bits per heavy atom. The fraction of sp³-hybridized carbons (Fsp3) is 0.200. The highest BCUT2D eigenvalue weighted by Gasteiger charge is 2.32. The highest BCUT2D eigenvalue weighted by Crippen LogP contribution is 2.34. The molecular weight excluding hydrogens is 482 g/mol. The van der Waals surface area contributed by atoms with Crippen molar-refractivity contribution in [2.24, 2.45) is 4.99 Å². The average Bonchev–Trinajstić information content (AvgIpc) is 3.46. The van der Waals surface area contributed by atoms with Crippen molar-refractivity contribution in [1.82, 2.24) is 4.90 Å². The Morgan fingerprint density at radius 2 is 1.66 bits per heavy atom. The van der Waals surface area contributed by atoms with Crippen molar-refractivity contribution in [3.63, 3.8) is 0 Å². The number of carbonyl (C=O) groups is 1. The summed E-state index contributed by atoms with van der Waals surface area (Å²) in [6, 6.07) is 14.7. The second-order valence-electron chi connectivity index (χ2n) is 8.04. The van der Waals surface area contributed by atoms with Crippen molar-refractivity contribution in [2.45, 2.75) is 6.18 Å². The number of aliphatic imine (C=N–C) groups is 1. The summed E-state index contributed by atoms with van der Waals surface area (Å²) < 4.78 is 58.0. The molecule has 3 heterocycles. The zero-order valence-electron chi connectivity index (χ0n) is 18.3. The third-order valence-corrected chi connectivity index (χ3v) is 6.77. The molecule has 0 bridgehead atoms. The van der Waals surface area contributed by atoms with Crippen LogP contribution in [0.2, 0.25) is 0 Å². The molecule has 5 nitrogen and oxygen atoms in total. The molecule has 10 heteroatoms. The van der Waals surface area contributed by atoms with E-state index in [0.717, 1.165) is 17.7 Å². The summed E-state index contributed by atoms with van der Waals surface area (Å²) in [6.45, 7) is 2.07. The maximum absolute atomic E-state index is 13.1. The number of amidine groups is 1. The van der Waals surface area contributed by atoms with E-state index in [2.05, 4.69) is 4.99 Å². The van der Waals surface area contributed by atoms with Crippen LogP contribution in [0.1, 0.15) is 11.3 Å². The minimum atomic E-state index is -4.38. The number of hydrogen-bond acceptors (Lipinski definition) is 5. The molecule has 35 heavy (non-hydrogen) atoms. The number of nitrogens with zero attached hydrogens (tertiary/aromatic N) is 3. The lowest BCUT2D eigenvalue weighted by Gasteiger charge is -2.36. The van der Waals surface area contributed by atoms with Crippen LogP contribution in [0.15, 0.2) is 75.0 Å². The Balaban J connectivity index is 1.22. The van der Waals surface area contributed by atoms with Gasteiger partial charge in [-0.1, -0.05) is 6.07 Å². The van der Waals surface area contributed by atoms with E-state index in [1.54, 1.807) is 36.4 Å². The smallest absolute Gasteiger partial charge is 0.416 e. The number of carbonyl (C=O) groups excluding carboxylic acids is 1. The van der Waals surface area contributed by atoms with Gasteiger partial charge in [0.2, 0.25) is 0 Å². The Morgan fingerprint density at radius 3 is 2.37 bits per heavy atom. The Kier molecular flexibility index (Phi) is 6.14. The zero-order chi connectivity index (χ0) is 24.6. The molecule has 0 unspecified atom stereocenters. The van der Waals surface area contributed by atoms with Crippen LogP contribution >= 0.6 is 11.8 Å². The third-order valence-electron chi connectivity index (χ3n) is 5.73. The van der Waals surface area contributed by atoms with Gasteiger partial charge in [-0.25, -0.2) is 4.39 Å². The average molecular weight is 502 g/mol. The van der Waals surface area contributed by atoms with E-state index in [-0.39, 0.29) is 11.7 Å². The summed E-state index contributed by atoms with van der Waals surface area (Å²) >= 11 is 1.24. The van der Waals surface area contributed by atoms with E-state index in [1.807, 2.05) is 9.80 Å². The van der Waals surface area contributed by atoms with Gasteiger partial charge in [0.25, 0.3) is 5.91 Å². The lowest BCUT2D eigenvalue weighted by atomic mass is 10.1. The summed E-state index contributed by atoms with van der Waals surface area (Å²) in [6.07, 6.45) is -2.76. The van der Waals surface area contributed by atoms with E-state index in [9.17, 15) is 22.4 Å². The van der Waals surface area contributed by atoms with Crippen LogP contribution in [0.4, 0.5) is 23.2 Å². The van der Waals surface area contributed by atoms with Gasteiger partial charge in [0, 0.05) is 43.5 Å². The van der Waals surface area contributed by atoms with Gasteiger partial charge in [-0.3, -0.25) is 4.79 Å². The molecule has 0 atom stereocenters. The number of benzene rings is 2. The number of rotatable bonds is 3. The zero-order valence-corrected chi connectivity index (χ0v) is 19.1. The van der Waals surface area contributed by atoms with Gasteiger partial charge in [-0.15, -0.1) is 0 Å². The first-order valence-corrected chi connectivity index (χ1v) is 11.6. The summed E-state index contributed by atoms with van der Waals surface area (Å²) in [7, 11) is 0. The van der Waals surface area contributed by atoms with E-state index in [4.69, 9.17) is 4.42 Å². The monoisotopic (exact) mass is 501 g/mol. The number of halogens is 4. The van der Waals surface area contributed by atoms with Crippen LogP contribution in [0.25, 0.3) is 17.4 Å². The number of alkyl halides is 3. The summed E-state index contributed by atoms with van der Waals surface area (Å²) in [5.41, 5.74) is 0.568. The van der Waals surface area contributed by atoms with Crippen LogP contribution in [0, 0.1) is 5.82 Å². The molecule has 1 aromatic heterocycles. The molecule has 1 saturated heterocycles. The normalized spacial score (nSPS) is 17.9. The van der Waals surface area contributed by atoms with Gasteiger partial charge >= 0.3 is 6.18 Å². The second-order valence-corrected chi connectivity index (χ2v) is 9.05. The molecule has 2 aliphatic heterocycles. The van der Waals surface area contributed by atoms with Gasteiger partial charge < -0.3 is 14.2 Å². The minimum absolute atomic E-state index is 0.337. The van der Waals surface area contributed by atoms with Crippen LogP contribution in [-0.4, -0.2) is 42.2 Å². The molecule has 0 spiro atoms.